The number of hydrogen-bond donors (Lipinski definition) is 1. The first-order valence-corrected chi connectivity index (χ1v) is 3.84. The molecule has 3 nitrogen and oxygen atoms in total. The second kappa shape index (κ2) is 7.15. The van der Waals surface area contributed by atoms with Crippen molar-refractivity contribution in [3.8, 4) is 0 Å². The van der Waals surface area contributed by atoms with E-state index in [4.69, 9.17) is 0 Å². The lowest BCUT2D eigenvalue weighted by Gasteiger charge is -1.93. The molecule has 0 aliphatic heterocycles. The van der Waals surface area contributed by atoms with Crippen LogP contribution in [0, 0.1) is 0 Å². The van der Waals surface area contributed by atoms with E-state index >= 15 is 0 Å². The molecule has 0 aliphatic carbocycles. The highest BCUT2D eigenvalue weighted by molar-refractivity contribution is 4.97. The van der Waals surface area contributed by atoms with Crippen LogP contribution in [0.15, 0.2) is 18.3 Å². The maximum atomic E-state index is 3.86. The summed E-state index contributed by atoms with van der Waals surface area (Å²) < 4.78 is 0. The van der Waals surface area contributed by atoms with Gasteiger partial charge in [0.05, 0.1) is 5.69 Å². The standard InChI is InChI=1S/C6H9N3.C2H6/c1-7-5-6-3-2-4-8-9-6;1-2/h2-4,7H,5H2,1H3;1-2H3. The predicted molar refractivity (Wildman–Crippen MR) is 46.1 cm³/mol. The molecule has 0 saturated heterocycles. The lowest BCUT2D eigenvalue weighted by atomic mass is 10.4. The van der Waals surface area contributed by atoms with Gasteiger partial charge in [0.1, 0.15) is 0 Å². The molecule has 1 aromatic heterocycles. The second-order valence-electron chi connectivity index (χ2n) is 1.75. The minimum atomic E-state index is 0.786. The van der Waals surface area contributed by atoms with Crippen LogP contribution in [-0.4, -0.2) is 17.2 Å². The van der Waals surface area contributed by atoms with Crippen LogP contribution in [0.1, 0.15) is 19.5 Å². The van der Waals surface area contributed by atoms with E-state index < -0.39 is 0 Å². The first kappa shape index (κ1) is 10.0. The molecule has 1 aromatic rings. The van der Waals surface area contributed by atoms with Crippen LogP contribution >= 0.6 is 0 Å². The lowest BCUT2D eigenvalue weighted by molar-refractivity contribution is 0.767. The molecule has 0 fully saturated rings. The Morgan fingerprint density at radius 2 is 2.18 bits per heavy atom. The average Bonchev–Trinajstić information content (AvgIpc) is 2.11. The molecule has 1 N–H and O–H groups in total. The van der Waals surface area contributed by atoms with Crippen LogP contribution in [0.5, 0.6) is 0 Å². The van der Waals surface area contributed by atoms with Gasteiger partial charge in [-0.05, 0) is 19.2 Å². The Hall–Kier alpha value is -0.960. The van der Waals surface area contributed by atoms with Crippen molar-refractivity contribution in [1.29, 1.82) is 0 Å². The molecule has 0 amide bonds. The lowest BCUT2D eigenvalue weighted by Crippen LogP contribution is -2.06. The highest BCUT2D eigenvalue weighted by Crippen LogP contribution is 1.87. The van der Waals surface area contributed by atoms with Crippen molar-refractivity contribution in [1.82, 2.24) is 15.5 Å². The first-order chi connectivity index (χ1) is 5.43. The highest BCUT2D eigenvalue weighted by Gasteiger charge is 1.86. The molecule has 62 valence electrons. The van der Waals surface area contributed by atoms with Crippen LogP contribution < -0.4 is 5.32 Å². The second-order valence-corrected chi connectivity index (χ2v) is 1.75. The van der Waals surface area contributed by atoms with Gasteiger partial charge in [0.15, 0.2) is 0 Å². The minimum absolute atomic E-state index is 0.786. The highest BCUT2D eigenvalue weighted by atomic mass is 15.1. The fourth-order valence-corrected chi connectivity index (χ4v) is 0.609. The summed E-state index contributed by atoms with van der Waals surface area (Å²) in [6.07, 6.45) is 1.67. The molecule has 0 spiro atoms. The minimum Gasteiger partial charge on any atom is -0.314 e. The fraction of sp³-hybridized carbons (Fsp3) is 0.500. The number of hydrogen-bond acceptors (Lipinski definition) is 3. The first-order valence-electron chi connectivity index (χ1n) is 3.84. The summed E-state index contributed by atoms with van der Waals surface area (Å²) in [7, 11) is 1.88. The summed E-state index contributed by atoms with van der Waals surface area (Å²) in [6.45, 7) is 4.79. The van der Waals surface area contributed by atoms with E-state index in [1.165, 1.54) is 0 Å². The van der Waals surface area contributed by atoms with Gasteiger partial charge in [-0.2, -0.15) is 10.2 Å². The zero-order chi connectivity index (χ0) is 8.53. The number of nitrogens with one attached hydrogen (secondary N) is 1. The molecule has 1 rings (SSSR count). The smallest absolute Gasteiger partial charge is 0.0768 e. The Labute approximate surface area is 67.9 Å². The fourth-order valence-electron chi connectivity index (χ4n) is 0.609. The van der Waals surface area contributed by atoms with E-state index in [0.29, 0.717) is 0 Å². The summed E-state index contributed by atoms with van der Waals surface area (Å²) in [5.74, 6) is 0. The molecule has 0 aromatic carbocycles. The van der Waals surface area contributed by atoms with E-state index in [2.05, 4.69) is 15.5 Å². The van der Waals surface area contributed by atoms with Crippen molar-refractivity contribution in [2.24, 2.45) is 0 Å². The molecule has 0 saturated carbocycles. The third-order valence-electron chi connectivity index (χ3n) is 0.985. The summed E-state index contributed by atoms with van der Waals surface area (Å²) in [4.78, 5) is 0. The van der Waals surface area contributed by atoms with E-state index in [-0.39, 0.29) is 0 Å². The van der Waals surface area contributed by atoms with Gasteiger partial charge >= 0.3 is 0 Å². The van der Waals surface area contributed by atoms with E-state index in [1.54, 1.807) is 6.20 Å². The van der Waals surface area contributed by atoms with Crippen LogP contribution in [0.3, 0.4) is 0 Å². The summed E-state index contributed by atoms with van der Waals surface area (Å²) in [5.41, 5.74) is 0.972. The van der Waals surface area contributed by atoms with Crippen molar-refractivity contribution >= 4 is 0 Å². The maximum Gasteiger partial charge on any atom is 0.0768 e. The number of rotatable bonds is 2. The van der Waals surface area contributed by atoms with Gasteiger partial charge < -0.3 is 5.32 Å². The summed E-state index contributed by atoms with van der Waals surface area (Å²) in [5, 5.41) is 10.6. The Kier molecular flexibility index (Phi) is 6.53. The number of aromatic nitrogens is 2. The molecule has 11 heavy (non-hydrogen) atoms. The molecule has 0 bridgehead atoms. The molecule has 1 heterocycles. The molecule has 0 unspecified atom stereocenters. The Morgan fingerprint density at radius 1 is 1.45 bits per heavy atom. The number of nitrogens with zero attached hydrogens (tertiary/aromatic N) is 2. The molecule has 0 atom stereocenters. The van der Waals surface area contributed by atoms with Crippen molar-refractivity contribution in [3.05, 3.63) is 24.0 Å². The van der Waals surface area contributed by atoms with Crippen molar-refractivity contribution in [3.63, 3.8) is 0 Å². The normalized spacial score (nSPS) is 8.27. The van der Waals surface area contributed by atoms with Gasteiger partial charge in [0.25, 0.3) is 0 Å². The van der Waals surface area contributed by atoms with E-state index in [9.17, 15) is 0 Å². The van der Waals surface area contributed by atoms with Gasteiger partial charge in [0.2, 0.25) is 0 Å². The van der Waals surface area contributed by atoms with Crippen molar-refractivity contribution < 1.29 is 0 Å². The zero-order valence-electron chi connectivity index (χ0n) is 7.33. The van der Waals surface area contributed by atoms with E-state index in [0.717, 1.165) is 12.2 Å². The van der Waals surface area contributed by atoms with Crippen LogP contribution in [-0.2, 0) is 6.54 Å². The van der Waals surface area contributed by atoms with Gasteiger partial charge in [-0.15, -0.1) is 0 Å². The molecular weight excluding hydrogens is 138 g/mol. The Balaban J connectivity index is 0.000000461. The zero-order valence-corrected chi connectivity index (χ0v) is 7.33. The van der Waals surface area contributed by atoms with Crippen LogP contribution in [0.4, 0.5) is 0 Å². The van der Waals surface area contributed by atoms with E-state index in [1.807, 2.05) is 33.0 Å². The largest absolute Gasteiger partial charge is 0.314 e. The summed E-state index contributed by atoms with van der Waals surface area (Å²) >= 11 is 0. The van der Waals surface area contributed by atoms with Gasteiger partial charge in [-0.25, -0.2) is 0 Å². The van der Waals surface area contributed by atoms with Crippen LogP contribution in [0.25, 0.3) is 0 Å². The van der Waals surface area contributed by atoms with Gasteiger partial charge in [-0.1, -0.05) is 13.8 Å². The predicted octanol–water partition coefficient (Wildman–Crippen LogP) is 1.22. The monoisotopic (exact) mass is 153 g/mol. The Bertz CT molecular complexity index is 162. The third-order valence-corrected chi connectivity index (χ3v) is 0.985. The SMILES string of the molecule is CC.CNCc1cccnn1. The van der Waals surface area contributed by atoms with Crippen molar-refractivity contribution in [2.45, 2.75) is 20.4 Å². The van der Waals surface area contributed by atoms with Crippen molar-refractivity contribution in [2.75, 3.05) is 7.05 Å². The molecular formula is C8H15N3. The third kappa shape index (κ3) is 4.44. The molecule has 0 radical (unpaired) electrons. The molecule has 0 aliphatic rings. The quantitative estimate of drug-likeness (QED) is 0.694. The maximum absolute atomic E-state index is 3.86. The Morgan fingerprint density at radius 3 is 2.64 bits per heavy atom. The summed E-state index contributed by atoms with van der Waals surface area (Å²) in [6, 6.07) is 3.81. The van der Waals surface area contributed by atoms with Gasteiger partial charge in [0, 0.05) is 12.7 Å². The molecule has 3 heteroatoms. The van der Waals surface area contributed by atoms with Crippen LogP contribution in [0.2, 0.25) is 0 Å². The topological polar surface area (TPSA) is 37.8 Å². The average molecular weight is 153 g/mol. The van der Waals surface area contributed by atoms with Gasteiger partial charge in [-0.3, -0.25) is 0 Å².